The van der Waals surface area contributed by atoms with Gasteiger partial charge in [0, 0.05) is 5.69 Å². The van der Waals surface area contributed by atoms with E-state index < -0.39 is 18.5 Å². The van der Waals surface area contributed by atoms with Crippen LogP contribution < -0.4 is 5.32 Å². The Hall–Kier alpha value is -1.53. The molecule has 0 fully saturated rings. The Bertz CT molecular complexity index is 768. The van der Waals surface area contributed by atoms with Crippen LogP contribution in [0.1, 0.15) is 10.5 Å². The summed E-state index contributed by atoms with van der Waals surface area (Å²) in [6.45, 7) is -0.524. The van der Waals surface area contributed by atoms with Crippen LogP contribution in [-0.4, -0.2) is 23.5 Å². The van der Waals surface area contributed by atoms with E-state index in [1.807, 2.05) is 0 Å². The first-order valence-corrected chi connectivity index (χ1v) is 7.62. The van der Waals surface area contributed by atoms with Gasteiger partial charge in [-0.1, -0.05) is 46.4 Å². The second-order valence-corrected chi connectivity index (χ2v) is 5.83. The van der Waals surface area contributed by atoms with Crippen LogP contribution >= 0.6 is 46.4 Å². The maximum atomic E-state index is 11.8. The van der Waals surface area contributed by atoms with Crippen LogP contribution in [0.25, 0.3) is 0 Å². The molecule has 9 heteroatoms. The van der Waals surface area contributed by atoms with Crippen molar-refractivity contribution in [2.45, 2.75) is 0 Å². The minimum absolute atomic E-state index is 0.0734. The highest BCUT2D eigenvalue weighted by Crippen LogP contribution is 2.25. The number of aromatic nitrogens is 1. The zero-order valence-electron chi connectivity index (χ0n) is 11.3. The number of carbonyl (C=O) groups excluding carboxylic acids is 2. The van der Waals surface area contributed by atoms with Gasteiger partial charge in [-0.3, -0.25) is 4.79 Å². The highest BCUT2D eigenvalue weighted by atomic mass is 35.5. The van der Waals surface area contributed by atoms with Crippen LogP contribution in [0.2, 0.25) is 20.2 Å². The molecule has 0 unspecified atom stereocenters. The van der Waals surface area contributed by atoms with Crippen molar-refractivity contribution in [2.75, 3.05) is 11.9 Å². The maximum absolute atomic E-state index is 11.8. The third-order valence-corrected chi connectivity index (χ3v) is 3.80. The van der Waals surface area contributed by atoms with Crippen molar-refractivity contribution in [1.82, 2.24) is 4.98 Å². The van der Waals surface area contributed by atoms with E-state index in [1.165, 1.54) is 24.3 Å². The largest absolute Gasteiger partial charge is 0.451 e. The fourth-order valence-corrected chi connectivity index (χ4v) is 2.16. The summed E-state index contributed by atoms with van der Waals surface area (Å²) in [7, 11) is 0. The summed E-state index contributed by atoms with van der Waals surface area (Å²) >= 11 is 23.1. The molecule has 5 nitrogen and oxygen atoms in total. The van der Waals surface area contributed by atoms with E-state index >= 15 is 0 Å². The summed E-state index contributed by atoms with van der Waals surface area (Å²) in [6.07, 6.45) is 0. The number of esters is 1. The van der Waals surface area contributed by atoms with Crippen LogP contribution in [0.4, 0.5) is 5.69 Å². The first kappa shape index (κ1) is 17.8. The number of benzene rings is 1. The van der Waals surface area contributed by atoms with Crippen LogP contribution in [0.5, 0.6) is 0 Å². The molecular weight excluding hydrogens is 386 g/mol. The van der Waals surface area contributed by atoms with Crippen molar-refractivity contribution in [3.63, 3.8) is 0 Å². The first-order valence-electron chi connectivity index (χ1n) is 6.11. The Morgan fingerprint density at radius 3 is 2.39 bits per heavy atom. The lowest BCUT2D eigenvalue weighted by molar-refractivity contribution is -0.119. The minimum atomic E-state index is -0.859. The van der Waals surface area contributed by atoms with E-state index in [1.54, 1.807) is 6.07 Å². The standard InChI is InChI=1S/C14H8Cl4N2O3/c15-8-2-1-7(5-10(8)17)19-12(21)6-23-14(22)13-9(16)3-4-11(18)20-13/h1-5H,6H2,(H,19,21). The zero-order valence-corrected chi connectivity index (χ0v) is 14.3. The number of hydrogen-bond acceptors (Lipinski definition) is 4. The lowest BCUT2D eigenvalue weighted by Crippen LogP contribution is -2.21. The van der Waals surface area contributed by atoms with E-state index in [0.717, 1.165) is 0 Å². The SMILES string of the molecule is O=C(COC(=O)c1nc(Cl)ccc1Cl)Nc1ccc(Cl)c(Cl)c1. The lowest BCUT2D eigenvalue weighted by Gasteiger charge is -2.08. The average molecular weight is 394 g/mol. The van der Waals surface area contributed by atoms with E-state index in [9.17, 15) is 9.59 Å². The van der Waals surface area contributed by atoms with Gasteiger partial charge in [-0.25, -0.2) is 9.78 Å². The first-order chi connectivity index (χ1) is 10.9. The van der Waals surface area contributed by atoms with E-state index in [2.05, 4.69) is 10.3 Å². The third kappa shape index (κ3) is 4.97. The minimum Gasteiger partial charge on any atom is -0.451 e. The summed E-state index contributed by atoms with van der Waals surface area (Å²) in [5.41, 5.74) is 0.251. The number of nitrogens with one attached hydrogen (secondary N) is 1. The van der Waals surface area contributed by atoms with Crippen molar-refractivity contribution in [2.24, 2.45) is 0 Å². The van der Waals surface area contributed by atoms with Crippen molar-refractivity contribution in [3.05, 3.63) is 56.2 Å². The Labute approximate surface area is 151 Å². The van der Waals surface area contributed by atoms with Crippen LogP contribution in [0.3, 0.4) is 0 Å². The van der Waals surface area contributed by atoms with Gasteiger partial charge in [-0.15, -0.1) is 0 Å². The molecule has 0 atom stereocenters. The van der Waals surface area contributed by atoms with Gasteiger partial charge < -0.3 is 10.1 Å². The molecule has 0 spiro atoms. The zero-order chi connectivity index (χ0) is 17.0. The van der Waals surface area contributed by atoms with Crippen molar-refractivity contribution in [1.29, 1.82) is 0 Å². The highest BCUT2D eigenvalue weighted by molar-refractivity contribution is 6.42. The average Bonchev–Trinajstić information content (AvgIpc) is 2.51. The number of rotatable bonds is 4. The quantitative estimate of drug-likeness (QED) is 0.613. The van der Waals surface area contributed by atoms with Gasteiger partial charge in [0.15, 0.2) is 12.3 Å². The Kier molecular flexibility index (Phi) is 6.07. The van der Waals surface area contributed by atoms with Gasteiger partial charge >= 0.3 is 5.97 Å². The normalized spacial score (nSPS) is 10.3. The Morgan fingerprint density at radius 1 is 1.00 bits per heavy atom. The molecule has 2 rings (SSSR count). The van der Waals surface area contributed by atoms with Crippen LogP contribution in [0.15, 0.2) is 30.3 Å². The molecule has 0 radical (unpaired) electrons. The van der Waals surface area contributed by atoms with Crippen LogP contribution in [0, 0.1) is 0 Å². The number of carbonyl (C=O) groups is 2. The molecule has 1 aromatic heterocycles. The summed E-state index contributed by atoms with van der Waals surface area (Å²) in [5, 5.41) is 3.31. The molecule has 0 aliphatic carbocycles. The van der Waals surface area contributed by atoms with Gasteiger partial charge in [-0.05, 0) is 30.3 Å². The fourth-order valence-electron chi connectivity index (χ4n) is 1.53. The molecule has 1 heterocycles. The predicted octanol–water partition coefficient (Wildman–Crippen LogP) is 4.49. The number of pyridine rings is 1. The van der Waals surface area contributed by atoms with Gasteiger partial charge in [0.2, 0.25) is 0 Å². The van der Waals surface area contributed by atoms with E-state index in [4.69, 9.17) is 51.1 Å². The Balaban J connectivity index is 1.94. The Morgan fingerprint density at radius 2 is 1.70 bits per heavy atom. The number of hydrogen-bond donors (Lipinski definition) is 1. The third-order valence-electron chi connectivity index (χ3n) is 2.54. The fraction of sp³-hybridized carbons (Fsp3) is 0.0714. The summed E-state index contributed by atoms with van der Waals surface area (Å²) in [6, 6.07) is 7.39. The molecule has 1 amide bonds. The summed E-state index contributed by atoms with van der Waals surface area (Å²) in [5.74, 6) is -1.42. The van der Waals surface area contributed by atoms with Gasteiger partial charge in [0.05, 0.1) is 15.1 Å². The van der Waals surface area contributed by atoms with Gasteiger partial charge in [0.1, 0.15) is 5.15 Å². The molecule has 0 saturated carbocycles. The van der Waals surface area contributed by atoms with Gasteiger partial charge in [0.25, 0.3) is 5.91 Å². The summed E-state index contributed by atoms with van der Waals surface area (Å²) in [4.78, 5) is 27.3. The topological polar surface area (TPSA) is 68.3 Å². The second-order valence-electron chi connectivity index (χ2n) is 4.22. The molecule has 23 heavy (non-hydrogen) atoms. The van der Waals surface area contributed by atoms with Crippen molar-refractivity contribution >= 4 is 64.0 Å². The number of ether oxygens (including phenoxy) is 1. The molecule has 2 aromatic rings. The lowest BCUT2D eigenvalue weighted by atomic mass is 10.3. The molecule has 1 aromatic carbocycles. The molecule has 120 valence electrons. The number of halogens is 4. The molecule has 0 bridgehead atoms. The van der Waals surface area contributed by atoms with Gasteiger partial charge in [-0.2, -0.15) is 0 Å². The van der Waals surface area contributed by atoms with E-state index in [0.29, 0.717) is 10.7 Å². The molecule has 0 saturated heterocycles. The smallest absolute Gasteiger partial charge is 0.359 e. The number of nitrogens with zero attached hydrogens (tertiary/aromatic N) is 1. The molecule has 1 N–H and O–H groups in total. The predicted molar refractivity (Wildman–Crippen MR) is 89.6 cm³/mol. The molecule has 0 aliphatic rings. The summed E-state index contributed by atoms with van der Waals surface area (Å²) < 4.78 is 4.84. The van der Waals surface area contributed by atoms with Crippen LogP contribution in [-0.2, 0) is 9.53 Å². The number of anilines is 1. The second kappa shape index (κ2) is 7.84. The number of amides is 1. The van der Waals surface area contributed by atoms with Crippen molar-refractivity contribution < 1.29 is 14.3 Å². The monoisotopic (exact) mass is 392 g/mol. The highest BCUT2D eigenvalue weighted by Gasteiger charge is 2.16. The molecule has 0 aliphatic heterocycles. The maximum Gasteiger partial charge on any atom is 0.359 e. The van der Waals surface area contributed by atoms with E-state index in [-0.39, 0.29) is 20.9 Å². The van der Waals surface area contributed by atoms with Crippen molar-refractivity contribution in [3.8, 4) is 0 Å². The molecular formula is C14H8Cl4N2O3.